The first-order valence-corrected chi connectivity index (χ1v) is 14.7. The van der Waals surface area contributed by atoms with E-state index in [4.69, 9.17) is 4.98 Å². The van der Waals surface area contributed by atoms with Crippen molar-refractivity contribution in [3.63, 3.8) is 0 Å². The molecular weight excluding hydrogens is 438 g/mol. The number of imidazole rings is 1. The molecule has 2 fully saturated rings. The summed E-state index contributed by atoms with van der Waals surface area (Å²) in [5, 5.41) is 0. The Labute approximate surface area is 219 Å². The third-order valence-corrected chi connectivity index (χ3v) is 10.5. The molecule has 0 amide bonds. The maximum Gasteiger partial charge on any atom is 0.100 e. The molecule has 194 valence electrons. The van der Waals surface area contributed by atoms with Crippen LogP contribution in [-0.4, -0.2) is 27.0 Å². The van der Waals surface area contributed by atoms with Crippen LogP contribution in [0, 0.1) is 28.6 Å². The lowest BCUT2D eigenvalue weighted by Gasteiger charge is -2.58. The lowest BCUT2D eigenvalue weighted by atomic mass is 9.47. The molecule has 1 aromatic heterocycles. The zero-order chi connectivity index (χ0) is 25.5. The van der Waals surface area contributed by atoms with Crippen LogP contribution in [0.25, 0.3) is 16.7 Å². The highest BCUT2D eigenvalue weighted by atomic mass is 15.1. The number of benzene rings is 1. The molecule has 4 aliphatic carbocycles. The van der Waals surface area contributed by atoms with Crippen molar-refractivity contribution >= 4 is 16.7 Å². The van der Waals surface area contributed by atoms with E-state index in [2.05, 4.69) is 92.2 Å². The third kappa shape index (κ3) is 3.80. The van der Waals surface area contributed by atoms with Gasteiger partial charge in [-0.3, -0.25) is 0 Å². The summed E-state index contributed by atoms with van der Waals surface area (Å²) in [4.78, 5) is 7.30. The van der Waals surface area contributed by atoms with Crippen LogP contribution < -0.4 is 0 Å². The summed E-state index contributed by atoms with van der Waals surface area (Å²) in [5.41, 5.74) is 6.32. The van der Waals surface area contributed by atoms with Gasteiger partial charge >= 0.3 is 0 Å². The number of rotatable bonds is 4. The van der Waals surface area contributed by atoms with Crippen molar-refractivity contribution in [2.24, 2.45) is 28.6 Å². The summed E-state index contributed by atoms with van der Waals surface area (Å²) in [6, 6.07) is 9.29. The van der Waals surface area contributed by atoms with E-state index >= 15 is 0 Å². The molecule has 4 aliphatic rings. The zero-order valence-electron chi connectivity index (χ0n) is 23.5. The van der Waals surface area contributed by atoms with E-state index in [0.29, 0.717) is 11.5 Å². The maximum atomic E-state index is 4.72. The van der Waals surface area contributed by atoms with E-state index in [1.807, 2.05) is 13.8 Å². The topological polar surface area (TPSA) is 21.1 Å². The lowest BCUT2D eigenvalue weighted by molar-refractivity contribution is -0.0176. The van der Waals surface area contributed by atoms with Gasteiger partial charge in [0, 0.05) is 23.7 Å². The van der Waals surface area contributed by atoms with Crippen LogP contribution in [0.5, 0.6) is 0 Å². The molecule has 6 atom stereocenters. The minimum Gasteiger partial charge on any atom is -0.375 e. The second kappa shape index (κ2) is 9.88. The number of para-hydroxylation sites is 2. The number of fused-ring (bicyclic) bond motifs is 6. The summed E-state index contributed by atoms with van der Waals surface area (Å²) >= 11 is 0. The molecule has 3 heteroatoms. The molecule has 1 heterocycles. The number of aromatic nitrogens is 2. The molecule has 36 heavy (non-hydrogen) atoms. The fourth-order valence-electron chi connectivity index (χ4n) is 8.67. The molecule has 0 aliphatic heterocycles. The minimum absolute atomic E-state index is 0.258. The Bertz CT molecular complexity index is 1170. The van der Waals surface area contributed by atoms with Gasteiger partial charge in [-0.25, -0.2) is 4.98 Å². The number of hydrogen-bond acceptors (Lipinski definition) is 2. The number of hydrogen-bond donors (Lipinski definition) is 0. The van der Waals surface area contributed by atoms with Crippen LogP contribution in [-0.2, 0) is 0 Å². The SMILES string of the molecule is C/C=C\N(CC)C1CCC2(C)C(=CCC3C2CCC2(C)C(n4cnc5ccccc54)=CCC32)C1.CC. The molecule has 0 bridgehead atoms. The predicted molar refractivity (Wildman–Crippen MR) is 153 cm³/mol. The van der Waals surface area contributed by atoms with Gasteiger partial charge in [0.1, 0.15) is 6.33 Å². The quantitative estimate of drug-likeness (QED) is 0.404. The Balaban J connectivity index is 0.00000130. The standard InChI is InChI=1S/C31H41N3.C2H6/c1-5-19-33(6-2)23-15-17-30(3)22(20-23)11-12-24-25-13-14-29(31(25,4)18-16-26(24)30)34-21-32-27-9-7-8-10-28(27)34;1-2/h5,7-11,14,19,21,23-26H,6,12-13,15-18,20H2,1-4H3;1-2H3/b19-5-;. The molecule has 6 rings (SSSR count). The first-order valence-electron chi connectivity index (χ1n) is 14.7. The van der Waals surface area contributed by atoms with E-state index in [1.54, 1.807) is 5.57 Å². The summed E-state index contributed by atoms with van der Waals surface area (Å²) in [6.45, 7) is 14.8. The van der Waals surface area contributed by atoms with E-state index in [-0.39, 0.29) is 5.41 Å². The minimum atomic E-state index is 0.258. The Morgan fingerprint density at radius 2 is 1.81 bits per heavy atom. The molecule has 0 saturated heterocycles. The van der Waals surface area contributed by atoms with Crippen molar-refractivity contribution in [3.05, 3.63) is 60.6 Å². The normalized spacial score (nSPS) is 35.3. The largest absolute Gasteiger partial charge is 0.375 e. The van der Waals surface area contributed by atoms with Crippen LogP contribution in [0.3, 0.4) is 0 Å². The van der Waals surface area contributed by atoms with Gasteiger partial charge < -0.3 is 9.47 Å². The molecule has 0 N–H and O–H groups in total. The fourth-order valence-corrected chi connectivity index (χ4v) is 8.67. The van der Waals surface area contributed by atoms with Gasteiger partial charge in [-0.15, -0.1) is 0 Å². The lowest BCUT2D eigenvalue weighted by Crippen LogP contribution is -2.51. The van der Waals surface area contributed by atoms with Crippen molar-refractivity contribution in [2.75, 3.05) is 6.54 Å². The van der Waals surface area contributed by atoms with E-state index < -0.39 is 0 Å². The Morgan fingerprint density at radius 1 is 1.03 bits per heavy atom. The monoisotopic (exact) mass is 485 g/mol. The summed E-state index contributed by atoms with van der Waals surface area (Å²) < 4.78 is 2.41. The van der Waals surface area contributed by atoms with Crippen LogP contribution in [0.1, 0.15) is 86.5 Å². The number of nitrogens with zero attached hydrogens (tertiary/aromatic N) is 3. The van der Waals surface area contributed by atoms with E-state index in [0.717, 1.165) is 29.8 Å². The van der Waals surface area contributed by atoms with Crippen LogP contribution in [0.4, 0.5) is 0 Å². The number of allylic oxidation sites excluding steroid dienone is 4. The highest BCUT2D eigenvalue weighted by molar-refractivity contribution is 5.80. The van der Waals surface area contributed by atoms with Crippen LogP contribution >= 0.6 is 0 Å². The molecular formula is C33H47N3. The van der Waals surface area contributed by atoms with Crippen molar-refractivity contribution in [2.45, 2.75) is 92.5 Å². The van der Waals surface area contributed by atoms with Gasteiger partial charge in [0.2, 0.25) is 0 Å². The summed E-state index contributed by atoms with van der Waals surface area (Å²) in [7, 11) is 0. The molecule has 0 spiro atoms. The second-order valence-corrected chi connectivity index (χ2v) is 11.9. The maximum absolute atomic E-state index is 4.72. The average molecular weight is 486 g/mol. The fraction of sp³-hybridized carbons (Fsp3) is 0.606. The molecule has 2 aromatic rings. The van der Waals surface area contributed by atoms with Gasteiger partial charge in [0.15, 0.2) is 0 Å². The molecule has 2 saturated carbocycles. The Morgan fingerprint density at radius 3 is 2.58 bits per heavy atom. The second-order valence-electron chi connectivity index (χ2n) is 11.9. The van der Waals surface area contributed by atoms with Crippen molar-refractivity contribution in [1.82, 2.24) is 14.5 Å². The molecule has 1 aromatic carbocycles. The van der Waals surface area contributed by atoms with Crippen LogP contribution in [0.15, 0.2) is 60.6 Å². The van der Waals surface area contributed by atoms with E-state index in [1.165, 1.54) is 56.2 Å². The van der Waals surface area contributed by atoms with Gasteiger partial charge in [0.25, 0.3) is 0 Å². The zero-order valence-corrected chi connectivity index (χ0v) is 23.5. The summed E-state index contributed by atoms with van der Waals surface area (Å²) in [6.07, 6.45) is 21.0. The Kier molecular flexibility index (Phi) is 6.96. The van der Waals surface area contributed by atoms with Gasteiger partial charge in [-0.05, 0) is 100 Å². The van der Waals surface area contributed by atoms with Crippen molar-refractivity contribution < 1.29 is 0 Å². The molecule has 0 radical (unpaired) electrons. The average Bonchev–Trinajstić information content (AvgIpc) is 3.48. The highest BCUT2D eigenvalue weighted by Gasteiger charge is 2.57. The Hall–Kier alpha value is -2.29. The van der Waals surface area contributed by atoms with E-state index in [9.17, 15) is 0 Å². The third-order valence-electron chi connectivity index (χ3n) is 10.5. The van der Waals surface area contributed by atoms with Crippen molar-refractivity contribution in [3.8, 4) is 0 Å². The summed E-state index contributed by atoms with van der Waals surface area (Å²) in [5.74, 6) is 2.41. The van der Waals surface area contributed by atoms with Crippen LogP contribution in [0.2, 0.25) is 0 Å². The van der Waals surface area contributed by atoms with Crippen molar-refractivity contribution in [1.29, 1.82) is 0 Å². The van der Waals surface area contributed by atoms with Gasteiger partial charge in [-0.2, -0.15) is 0 Å². The highest BCUT2D eigenvalue weighted by Crippen LogP contribution is 2.65. The molecule has 6 unspecified atom stereocenters. The first kappa shape index (κ1) is 25.4. The predicted octanol–water partition coefficient (Wildman–Crippen LogP) is 8.70. The van der Waals surface area contributed by atoms with Gasteiger partial charge in [0.05, 0.1) is 11.0 Å². The molecule has 3 nitrogen and oxygen atoms in total. The first-order chi connectivity index (χ1) is 17.5. The smallest absolute Gasteiger partial charge is 0.100 e. The van der Waals surface area contributed by atoms with Gasteiger partial charge in [-0.1, -0.05) is 63.6 Å².